The number of piperazine rings is 1. The second-order valence-corrected chi connectivity index (χ2v) is 16.4. The summed E-state index contributed by atoms with van der Waals surface area (Å²) >= 11 is 4.77. The third-order valence-corrected chi connectivity index (χ3v) is 12.2. The van der Waals surface area contributed by atoms with Crippen molar-refractivity contribution in [1.82, 2.24) is 25.0 Å². The zero-order valence-corrected chi connectivity index (χ0v) is 34.5. The van der Waals surface area contributed by atoms with E-state index in [1.54, 1.807) is 38.2 Å². The fourth-order valence-electron chi connectivity index (χ4n) is 8.92. The number of alkyl halides is 3. The molecule has 4 atom stereocenters. The van der Waals surface area contributed by atoms with E-state index in [4.69, 9.17) is 22.1 Å². The number of hydrogen-bond acceptors (Lipinski definition) is 11. The molecular weight excluding hydrogens is 783 g/mol. The number of thiol groups is 1. The minimum atomic E-state index is -4.73. The van der Waals surface area contributed by atoms with E-state index in [-0.39, 0.29) is 53.9 Å². The van der Waals surface area contributed by atoms with E-state index in [1.807, 2.05) is 4.90 Å². The number of ether oxygens (including phenoxy) is 2. The summed E-state index contributed by atoms with van der Waals surface area (Å²) in [5, 5.41) is 11.6. The number of nitriles is 1. The number of carbonyl (C=O) groups is 3. The molecule has 1 saturated carbocycles. The Hall–Kier alpha value is -3.46. The van der Waals surface area contributed by atoms with Gasteiger partial charge in [-0.3, -0.25) is 39.3 Å². The molecule has 3 amide bonds. The zero-order chi connectivity index (χ0) is 40.4. The summed E-state index contributed by atoms with van der Waals surface area (Å²) in [6.07, 6.45) is 1.77. The first kappa shape index (κ1) is 44.6. The van der Waals surface area contributed by atoms with Crippen LogP contribution < -0.4 is 15.0 Å². The summed E-state index contributed by atoms with van der Waals surface area (Å²) in [4.78, 5) is 50.0. The predicted octanol–water partition coefficient (Wildman–Crippen LogP) is 5.75. The summed E-state index contributed by atoms with van der Waals surface area (Å²) in [7, 11) is 0. The Labute approximate surface area is 344 Å². The molecule has 1 aliphatic carbocycles. The summed E-state index contributed by atoms with van der Waals surface area (Å²) in [6, 6.07) is 9.25. The molecule has 0 bridgehead atoms. The van der Waals surface area contributed by atoms with Gasteiger partial charge in [0.2, 0.25) is 23.6 Å². The molecule has 3 saturated heterocycles. The number of carbonyl (C=O) groups excluding carboxylic acids is 3. The van der Waals surface area contributed by atoms with Crippen LogP contribution in [0.3, 0.4) is 0 Å². The Morgan fingerprint density at radius 1 is 1.00 bits per heavy atom. The van der Waals surface area contributed by atoms with Gasteiger partial charge in [0, 0.05) is 68.7 Å². The fourth-order valence-corrected chi connectivity index (χ4v) is 9.63. The van der Waals surface area contributed by atoms with Gasteiger partial charge in [0.15, 0.2) is 0 Å². The van der Waals surface area contributed by atoms with Crippen molar-refractivity contribution in [2.45, 2.75) is 120 Å². The topological polar surface area (TPSA) is 131 Å². The molecule has 4 fully saturated rings. The molecule has 1 aromatic heterocycles. The van der Waals surface area contributed by atoms with Crippen molar-refractivity contribution in [2.75, 3.05) is 44.3 Å². The number of aromatic nitrogens is 1. The average molecular weight is 836 g/mol. The maximum absolute atomic E-state index is 13.7. The Bertz CT molecular complexity index is 1800. The third kappa shape index (κ3) is 10.1. The molecule has 2 aromatic rings. The predicted molar refractivity (Wildman–Crippen MR) is 213 cm³/mol. The number of amides is 3. The summed E-state index contributed by atoms with van der Waals surface area (Å²) < 4.78 is 53.5. The molecule has 4 heterocycles. The van der Waals surface area contributed by atoms with E-state index >= 15 is 0 Å². The molecule has 0 spiro atoms. The van der Waals surface area contributed by atoms with Crippen LogP contribution in [0, 0.1) is 11.3 Å². The number of nitrogens with zero attached hydrogens (tertiary/aromatic N) is 6. The molecule has 1 N–H and O–H groups in total. The van der Waals surface area contributed by atoms with Crippen molar-refractivity contribution in [2.24, 2.45) is 0 Å². The number of anilines is 1. The van der Waals surface area contributed by atoms with Gasteiger partial charge in [-0.15, -0.1) is 25.0 Å². The van der Waals surface area contributed by atoms with Gasteiger partial charge in [-0.1, -0.05) is 0 Å². The number of hydrogen-bond donors (Lipinski definition) is 2. The van der Waals surface area contributed by atoms with Crippen molar-refractivity contribution in [3.8, 4) is 11.9 Å². The Kier molecular flexibility index (Phi) is 14.6. The smallest absolute Gasteiger partial charge is 0.417 e. The molecule has 1 aromatic carbocycles. The highest BCUT2D eigenvalue weighted by Crippen LogP contribution is 2.43. The SMILES string of the molecule is C[C@@H]1CN(CCOC2CCC(N3C(S)N(c4ccc(C#N)c(C(F)(F)F)c4)C(=O)C3(C)C)CC2)C[C@H](C)N1CCCOc1cc(C2CCC(=O)NC2=O)ccn1.Cl. The largest absolute Gasteiger partial charge is 0.478 e. The van der Waals surface area contributed by atoms with E-state index in [0.717, 1.165) is 76.0 Å². The second kappa shape index (κ2) is 18.6. The van der Waals surface area contributed by atoms with Crippen LogP contribution in [0.25, 0.3) is 0 Å². The maximum Gasteiger partial charge on any atom is 0.417 e. The lowest BCUT2D eigenvalue weighted by atomic mass is 9.89. The van der Waals surface area contributed by atoms with Gasteiger partial charge >= 0.3 is 6.18 Å². The van der Waals surface area contributed by atoms with Gasteiger partial charge in [-0.2, -0.15) is 18.4 Å². The lowest BCUT2D eigenvalue weighted by Gasteiger charge is -2.44. The van der Waals surface area contributed by atoms with Gasteiger partial charge in [0.1, 0.15) is 5.50 Å². The molecule has 3 aliphatic heterocycles. The minimum Gasteiger partial charge on any atom is -0.478 e. The van der Waals surface area contributed by atoms with Gasteiger partial charge in [0.05, 0.1) is 48.0 Å². The summed E-state index contributed by atoms with van der Waals surface area (Å²) in [5.74, 6) is -0.753. The maximum atomic E-state index is 13.7. The zero-order valence-electron chi connectivity index (χ0n) is 32.8. The van der Waals surface area contributed by atoms with Gasteiger partial charge < -0.3 is 9.47 Å². The molecule has 2 unspecified atom stereocenters. The number of imide groups is 1. The first-order valence-electron chi connectivity index (χ1n) is 19.5. The highest BCUT2D eigenvalue weighted by atomic mass is 35.5. The molecule has 0 radical (unpaired) electrons. The fraction of sp³-hybridized carbons (Fsp3) is 0.625. The lowest BCUT2D eigenvalue weighted by molar-refractivity contribution is -0.138. The molecule has 12 nitrogen and oxygen atoms in total. The highest BCUT2D eigenvalue weighted by molar-refractivity contribution is 7.81. The van der Waals surface area contributed by atoms with Gasteiger partial charge in [-0.25, -0.2) is 4.98 Å². The van der Waals surface area contributed by atoms with Crippen molar-refractivity contribution in [3.63, 3.8) is 0 Å². The number of piperidine rings is 1. The molecule has 4 aliphatic rings. The second-order valence-electron chi connectivity index (χ2n) is 16.0. The van der Waals surface area contributed by atoms with Gasteiger partial charge in [-0.05, 0) is 96.0 Å². The lowest BCUT2D eigenvalue weighted by Crippen LogP contribution is -2.57. The number of nitrogens with one attached hydrogen (secondary N) is 1. The van der Waals surface area contributed by atoms with E-state index < -0.39 is 28.3 Å². The first-order valence-corrected chi connectivity index (χ1v) is 20.0. The molecule has 57 heavy (non-hydrogen) atoms. The first-order chi connectivity index (χ1) is 26.6. The van der Waals surface area contributed by atoms with Crippen LogP contribution in [0.15, 0.2) is 36.5 Å². The Morgan fingerprint density at radius 2 is 1.70 bits per heavy atom. The summed E-state index contributed by atoms with van der Waals surface area (Å²) in [5.41, 5.74) is -2.44. The highest BCUT2D eigenvalue weighted by Gasteiger charge is 2.54. The van der Waals surface area contributed by atoms with Crippen LogP contribution in [0.1, 0.15) is 95.2 Å². The average Bonchev–Trinajstić information content (AvgIpc) is 3.32. The molecule has 312 valence electrons. The monoisotopic (exact) mass is 835 g/mol. The number of pyridine rings is 1. The van der Waals surface area contributed by atoms with Crippen LogP contribution in [-0.4, -0.2) is 112 Å². The molecule has 6 rings (SSSR count). The minimum absolute atomic E-state index is 0. The number of halogens is 4. The van der Waals surface area contributed by atoms with Crippen molar-refractivity contribution in [1.29, 1.82) is 5.26 Å². The van der Waals surface area contributed by atoms with Gasteiger partial charge in [0.25, 0.3) is 0 Å². The third-order valence-electron chi connectivity index (χ3n) is 11.8. The van der Waals surface area contributed by atoms with Crippen LogP contribution in [0.5, 0.6) is 5.88 Å². The number of benzene rings is 1. The number of rotatable bonds is 12. The van der Waals surface area contributed by atoms with Crippen molar-refractivity contribution in [3.05, 3.63) is 53.2 Å². The normalized spacial score (nSPS) is 27.5. The van der Waals surface area contributed by atoms with Crippen LogP contribution >= 0.6 is 25.0 Å². The van der Waals surface area contributed by atoms with Crippen LogP contribution in [0.4, 0.5) is 18.9 Å². The van der Waals surface area contributed by atoms with Crippen molar-refractivity contribution >= 4 is 48.4 Å². The van der Waals surface area contributed by atoms with E-state index in [2.05, 4.69) is 33.9 Å². The van der Waals surface area contributed by atoms with Crippen LogP contribution in [0.2, 0.25) is 0 Å². The van der Waals surface area contributed by atoms with Crippen molar-refractivity contribution < 1.29 is 37.0 Å². The van der Waals surface area contributed by atoms with E-state index in [9.17, 15) is 32.8 Å². The molecular formula is C40H53ClF3N7O5S. The molecule has 17 heteroatoms. The van der Waals surface area contributed by atoms with E-state index in [1.165, 1.54) is 11.0 Å². The van der Waals surface area contributed by atoms with Crippen LogP contribution in [-0.2, 0) is 25.3 Å². The Balaban J connectivity index is 0.00000620. The summed E-state index contributed by atoms with van der Waals surface area (Å²) in [6.45, 7) is 12.7. The Morgan fingerprint density at radius 3 is 2.35 bits per heavy atom. The van der Waals surface area contributed by atoms with E-state index in [0.29, 0.717) is 44.0 Å². The standard InChI is InChI=1S/C40H52F3N7O5S.ClH/c1-25-23-47(24-26(2)48(25)16-5-18-55-35-20-27(14-15-45-35)32-12-13-34(51)46-36(32)52)17-19-54-31-10-8-29(9-11-31)50-38(56)49(37(53)39(50,3)4)30-7-6-28(22-44)33(21-30)40(41,42)43;/h6-7,14-15,20-21,25-26,29,31-32,38,56H,5,8-13,16-19,23-24H2,1-4H3,(H,46,51,52);1H/t25-,26+,29?,31?,32?,38?;. The quantitative estimate of drug-likeness (QED) is 0.155.